The van der Waals surface area contributed by atoms with Gasteiger partial charge in [0.2, 0.25) is 0 Å². The van der Waals surface area contributed by atoms with E-state index in [1.54, 1.807) is 0 Å². The molecule has 18 heavy (non-hydrogen) atoms. The average Bonchev–Trinajstić information content (AvgIpc) is 2.37. The molecule has 8 heteroatoms. The first-order valence-corrected chi connectivity index (χ1v) is 5.62. The van der Waals surface area contributed by atoms with Gasteiger partial charge >= 0.3 is 0 Å². The second-order valence-corrected chi connectivity index (χ2v) is 3.82. The molecular formula is C10H18N6O2. The van der Waals surface area contributed by atoms with Gasteiger partial charge in [0, 0.05) is 13.1 Å². The normalized spacial score (nSPS) is 10.4. The third kappa shape index (κ3) is 4.15. The van der Waals surface area contributed by atoms with Crippen LogP contribution in [0.5, 0.6) is 0 Å². The maximum atomic E-state index is 10.7. The standard InChI is InChI=1S/C10H18N6O2/c1-3-15(2)5-4-12-9-6-8(16(17)18)7-10(13-9)14-11/h6-7H,3-5,11H2,1-2H3,(H2,12,13,14). The molecule has 1 rings (SSSR count). The third-order valence-electron chi connectivity index (χ3n) is 2.51. The Balaban J connectivity index is 2.69. The minimum atomic E-state index is -0.480. The number of hydrogen-bond acceptors (Lipinski definition) is 7. The number of nitrogens with zero attached hydrogens (tertiary/aromatic N) is 3. The van der Waals surface area contributed by atoms with Crippen molar-refractivity contribution in [3.8, 4) is 0 Å². The molecule has 0 aliphatic rings. The molecule has 0 bridgehead atoms. The summed E-state index contributed by atoms with van der Waals surface area (Å²) in [6, 6.07) is 2.66. The van der Waals surface area contributed by atoms with Crippen molar-refractivity contribution in [2.45, 2.75) is 6.92 Å². The number of nitrogens with two attached hydrogens (primary N) is 1. The lowest BCUT2D eigenvalue weighted by atomic mass is 10.3. The molecule has 0 aromatic carbocycles. The summed E-state index contributed by atoms with van der Waals surface area (Å²) in [6.45, 7) is 4.48. The Morgan fingerprint density at radius 1 is 1.50 bits per heavy atom. The molecule has 1 aromatic rings. The summed E-state index contributed by atoms with van der Waals surface area (Å²) < 4.78 is 0. The second kappa shape index (κ2) is 6.72. The molecule has 0 saturated carbocycles. The summed E-state index contributed by atoms with van der Waals surface area (Å²) in [5.41, 5.74) is 2.26. The number of nitro groups is 1. The van der Waals surface area contributed by atoms with Gasteiger partial charge in [-0.1, -0.05) is 6.92 Å². The van der Waals surface area contributed by atoms with Crippen LogP contribution in [0.25, 0.3) is 0 Å². The highest BCUT2D eigenvalue weighted by atomic mass is 16.6. The lowest BCUT2D eigenvalue weighted by molar-refractivity contribution is -0.384. The molecule has 0 amide bonds. The first-order chi connectivity index (χ1) is 8.56. The SMILES string of the molecule is CCN(C)CCNc1cc([N+](=O)[O-])cc(NN)n1. The molecule has 100 valence electrons. The van der Waals surface area contributed by atoms with E-state index in [1.165, 1.54) is 12.1 Å². The van der Waals surface area contributed by atoms with Crippen LogP contribution in [-0.2, 0) is 0 Å². The van der Waals surface area contributed by atoms with Gasteiger partial charge in [0.1, 0.15) is 11.6 Å². The number of pyridine rings is 1. The zero-order chi connectivity index (χ0) is 13.5. The molecule has 0 fully saturated rings. The Labute approximate surface area is 105 Å². The Bertz CT molecular complexity index is 411. The predicted molar refractivity (Wildman–Crippen MR) is 70.4 cm³/mol. The van der Waals surface area contributed by atoms with Crippen molar-refractivity contribution in [3.05, 3.63) is 22.2 Å². The fourth-order valence-electron chi connectivity index (χ4n) is 1.32. The lowest BCUT2D eigenvalue weighted by Crippen LogP contribution is -2.25. The van der Waals surface area contributed by atoms with Crippen LogP contribution >= 0.6 is 0 Å². The lowest BCUT2D eigenvalue weighted by Gasteiger charge is -2.14. The fourth-order valence-corrected chi connectivity index (χ4v) is 1.32. The minimum Gasteiger partial charge on any atom is -0.369 e. The highest BCUT2D eigenvalue weighted by Gasteiger charge is 2.10. The Morgan fingerprint density at radius 3 is 2.72 bits per heavy atom. The Hall–Kier alpha value is -1.93. The summed E-state index contributed by atoms with van der Waals surface area (Å²) in [5, 5.41) is 13.7. The first-order valence-electron chi connectivity index (χ1n) is 5.62. The maximum absolute atomic E-state index is 10.7. The molecule has 0 radical (unpaired) electrons. The van der Waals surface area contributed by atoms with Crippen molar-refractivity contribution in [1.29, 1.82) is 0 Å². The highest BCUT2D eigenvalue weighted by Crippen LogP contribution is 2.19. The van der Waals surface area contributed by atoms with E-state index in [9.17, 15) is 10.1 Å². The van der Waals surface area contributed by atoms with E-state index in [4.69, 9.17) is 5.84 Å². The largest absolute Gasteiger partial charge is 0.369 e. The van der Waals surface area contributed by atoms with Gasteiger partial charge in [-0.15, -0.1) is 0 Å². The summed E-state index contributed by atoms with van der Waals surface area (Å²) in [7, 11) is 2.00. The predicted octanol–water partition coefficient (Wildman–Crippen LogP) is 0.639. The van der Waals surface area contributed by atoms with Crippen molar-refractivity contribution >= 4 is 17.3 Å². The van der Waals surface area contributed by atoms with E-state index in [0.717, 1.165) is 13.1 Å². The Kier molecular flexibility index (Phi) is 5.28. The van der Waals surface area contributed by atoms with E-state index >= 15 is 0 Å². The molecule has 0 aliphatic carbocycles. The van der Waals surface area contributed by atoms with E-state index in [2.05, 4.69) is 27.6 Å². The first kappa shape index (κ1) is 14.1. The topological polar surface area (TPSA) is 109 Å². The maximum Gasteiger partial charge on any atom is 0.276 e. The van der Waals surface area contributed by atoms with E-state index in [0.29, 0.717) is 12.4 Å². The van der Waals surface area contributed by atoms with Gasteiger partial charge in [0.05, 0.1) is 17.1 Å². The van der Waals surface area contributed by atoms with Gasteiger partial charge < -0.3 is 15.6 Å². The van der Waals surface area contributed by atoms with Crippen LogP contribution < -0.4 is 16.6 Å². The van der Waals surface area contributed by atoms with Gasteiger partial charge in [-0.3, -0.25) is 10.1 Å². The molecule has 8 nitrogen and oxygen atoms in total. The van der Waals surface area contributed by atoms with Crippen molar-refractivity contribution in [2.75, 3.05) is 37.4 Å². The smallest absolute Gasteiger partial charge is 0.276 e. The summed E-state index contributed by atoms with van der Waals surface area (Å²) >= 11 is 0. The molecule has 0 unspecified atom stereocenters. The van der Waals surface area contributed by atoms with Crippen LogP contribution in [0.2, 0.25) is 0 Å². The van der Waals surface area contributed by atoms with Gasteiger partial charge in [0.15, 0.2) is 0 Å². The number of anilines is 2. The number of hydrogen-bond donors (Lipinski definition) is 3. The summed E-state index contributed by atoms with van der Waals surface area (Å²) in [6.07, 6.45) is 0. The summed E-state index contributed by atoms with van der Waals surface area (Å²) in [5.74, 6) is 5.91. The average molecular weight is 254 g/mol. The van der Waals surface area contributed by atoms with Crippen LogP contribution in [0.4, 0.5) is 17.3 Å². The van der Waals surface area contributed by atoms with E-state index < -0.39 is 4.92 Å². The highest BCUT2D eigenvalue weighted by molar-refractivity contribution is 5.54. The molecule has 0 atom stereocenters. The van der Waals surface area contributed by atoms with Crippen molar-refractivity contribution in [2.24, 2.45) is 5.84 Å². The van der Waals surface area contributed by atoms with Crippen LogP contribution in [0.1, 0.15) is 6.92 Å². The molecule has 1 heterocycles. The van der Waals surface area contributed by atoms with Gasteiger partial charge in [0.25, 0.3) is 5.69 Å². The number of aromatic nitrogens is 1. The molecule has 0 spiro atoms. The number of rotatable bonds is 7. The van der Waals surface area contributed by atoms with Gasteiger partial charge in [-0.05, 0) is 13.6 Å². The monoisotopic (exact) mass is 254 g/mol. The molecule has 0 aliphatic heterocycles. The zero-order valence-electron chi connectivity index (χ0n) is 10.5. The zero-order valence-corrected chi connectivity index (χ0v) is 10.5. The second-order valence-electron chi connectivity index (χ2n) is 3.82. The number of likely N-dealkylation sites (N-methyl/N-ethyl adjacent to an activating group) is 1. The minimum absolute atomic E-state index is 0.0516. The van der Waals surface area contributed by atoms with Gasteiger partial charge in [-0.2, -0.15) is 0 Å². The van der Waals surface area contributed by atoms with E-state index in [1.807, 2.05) is 7.05 Å². The van der Waals surface area contributed by atoms with Crippen molar-refractivity contribution in [3.63, 3.8) is 0 Å². The molecule has 1 aromatic heterocycles. The van der Waals surface area contributed by atoms with Gasteiger partial charge in [-0.25, -0.2) is 10.8 Å². The van der Waals surface area contributed by atoms with Crippen LogP contribution in [-0.4, -0.2) is 41.5 Å². The quantitative estimate of drug-likeness (QED) is 0.372. The summed E-state index contributed by atoms with van der Waals surface area (Å²) in [4.78, 5) is 16.4. The van der Waals surface area contributed by atoms with Crippen LogP contribution in [0.15, 0.2) is 12.1 Å². The van der Waals surface area contributed by atoms with Crippen LogP contribution in [0, 0.1) is 10.1 Å². The van der Waals surface area contributed by atoms with Crippen molar-refractivity contribution in [1.82, 2.24) is 9.88 Å². The molecule has 4 N–H and O–H groups in total. The number of hydrazine groups is 1. The number of nitrogen functional groups attached to an aromatic ring is 1. The molecular weight excluding hydrogens is 236 g/mol. The molecule has 0 saturated heterocycles. The number of nitrogens with one attached hydrogen (secondary N) is 2. The fraction of sp³-hybridized carbons (Fsp3) is 0.500. The van der Waals surface area contributed by atoms with Crippen molar-refractivity contribution < 1.29 is 4.92 Å². The van der Waals surface area contributed by atoms with E-state index in [-0.39, 0.29) is 11.5 Å². The third-order valence-corrected chi connectivity index (χ3v) is 2.51. The van der Waals surface area contributed by atoms with Crippen LogP contribution in [0.3, 0.4) is 0 Å². The Morgan fingerprint density at radius 2 is 2.17 bits per heavy atom.